The van der Waals surface area contributed by atoms with E-state index in [4.69, 9.17) is 17.0 Å². The fourth-order valence-electron chi connectivity index (χ4n) is 3.82. The van der Waals surface area contributed by atoms with Crippen molar-refractivity contribution in [2.45, 2.75) is 20.0 Å². The molecule has 0 amide bonds. The summed E-state index contributed by atoms with van der Waals surface area (Å²) in [5.74, 6) is 0.907. The van der Waals surface area contributed by atoms with Gasteiger partial charge in [0.05, 0.1) is 25.5 Å². The van der Waals surface area contributed by atoms with Crippen molar-refractivity contribution >= 4 is 23.0 Å². The summed E-state index contributed by atoms with van der Waals surface area (Å²) in [4.78, 5) is 4.68. The summed E-state index contributed by atoms with van der Waals surface area (Å²) in [7, 11) is 1.71. The Kier molecular flexibility index (Phi) is 6.84. The van der Waals surface area contributed by atoms with Gasteiger partial charge >= 0.3 is 0 Å². The molecule has 0 saturated carbocycles. The third-order valence-electron chi connectivity index (χ3n) is 5.68. The van der Waals surface area contributed by atoms with Gasteiger partial charge in [-0.2, -0.15) is 5.10 Å². The van der Waals surface area contributed by atoms with Crippen LogP contribution in [0.3, 0.4) is 0 Å². The van der Waals surface area contributed by atoms with Crippen LogP contribution >= 0.6 is 12.2 Å². The van der Waals surface area contributed by atoms with Crippen LogP contribution in [0.4, 0.5) is 5.69 Å². The van der Waals surface area contributed by atoms with Crippen molar-refractivity contribution in [2.75, 3.05) is 38.6 Å². The molecule has 1 aliphatic heterocycles. The van der Waals surface area contributed by atoms with Crippen LogP contribution in [-0.2, 0) is 13.1 Å². The molecule has 1 aromatic heterocycles. The topological polar surface area (TPSA) is 45.6 Å². The summed E-state index contributed by atoms with van der Waals surface area (Å²) in [5, 5.41) is 8.59. The highest BCUT2D eigenvalue weighted by Gasteiger charge is 2.19. The second-order valence-corrected chi connectivity index (χ2v) is 8.28. The van der Waals surface area contributed by atoms with E-state index in [2.05, 4.69) is 63.5 Å². The minimum Gasteiger partial charge on any atom is -0.497 e. The SMILES string of the molecule is COc1cccc(CN2CCN(C(=S)Nc3cnn(Cc4ccccc4C)c3)CC2)c1. The number of nitrogens with zero attached hydrogens (tertiary/aromatic N) is 4. The van der Waals surface area contributed by atoms with Crippen LogP contribution in [0.25, 0.3) is 0 Å². The van der Waals surface area contributed by atoms with Gasteiger partial charge in [-0.25, -0.2) is 0 Å². The number of anilines is 1. The summed E-state index contributed by atoms with van der Waals surface area (Å²) in [6, 6.07) is 16.7. The van der Waals surface area contributed by atoms with Crippen LogP contribution in [0.15, 0.2) is 60.9 Å². The molecule has 0 aliphatic carbocycles. The summed E-state index contributed by atoms with van der Waals surface area (Å²) in [6.45, 7) is 7.58. The first-order valence-corrected chi connectivity index (χ1v) is 11.0. The quantitative estimate of drug-likeness (QED) is 0.595. The van der Waals surface area contributed by atoms with Crippen molar-refractivity contribution in [3.63, 3.8) is 0 Å². The molecule has 0 bridgehead atoms. The lowest BCUT2D eigenvalue weighted by Gasteiger charge is -2.36. The van der Waals surface area contributed by atoms with Gasteiger partial charge in [0.1, 0.15) is 5.75 Å². The van der Waals surface area contributed by atoms with Gasteiger partial charge in [0, 0.05) is 38.9 Å². The van der Waals surface area contributed by atoms with E-state index < -0.39 is 0 Å². The zero-order valence-electron chi connectivity index (χ0n) is 18.1. The molecule has 7 heteroatoms. The van der Waals surface area contributed by atoms with E-state index in [1.807, 2.05) is 29.2 Å². The molecule has 1 fully saturated rings. The Morgan fingerprint density at radius 3 is 2.65 bits per heavy atom. The van der Waals surface area contributed by atoms with Gasteiger partial charge in [-0.1, -0.05) is 36.4 Å². The Labute approximate surface area is 189 Å². The Morgan fingerprint density at radius 1 is 1.06 bits per heavy atom. The molecule has 1 aliphatic rings. The van der Waals surface area contributed by atoms with Crippen molar-refractivity contribution < 1.29 is 4.74 Å². The lowest BCUT2D eigenvalue weighted by molar-refractivity contribution is 0.177. The zero-order chi connectivity index (χ0) is 21.6. The number of nitrogens with one attached hydrogen (secondary N) is 1. The summed E-state index contributed by atoms with van der Waals surface area (Å²) >= 11 is 5.66. The smallest absolute Gasteiger partial charge is 0.173 e. The number of rotatable bonds is 6. The Hall–Kier alpha value is -2.90. The number of hydrogen-bond donors (Lipinski definition) is 1. The number of piperazine rings is 1. The fraction of sp³-hybridized carbons (Fsp3) is 0.333. The summed E-state index contributed by atoms with van der Waals surface area (Å²) in [5.41, 5.74) is 4.74. The molecule has 6 nitrogen and oxygen atoms in total. The average Bonchev–Trinajstić information content (AvgIpc) is 3.22. The van der Waals surface area contributed by atoms with Gasteiger partial charge in [-0.15, -0.1) is 0 Å². The van der Waals surface area contributed by atoms with Crippen molar-refractivity contribution in [3.05, 3.63) is 77.6 Å². The largest absolute Gasteiger partial charge is 0.497 e. The van der Waals surface area contributed by atoms with Crippen molar-refractivity contribution in [1.29, 1.82) is 0 Å². The maximum absolute atomic E-state index is 5.66. The first-order chi connectivity index (χ1) is 15.1. The Bertz CT molecular complexity index is 1030. The lowest BCUT2D eigenvalue weighted by atomic mass is 10.1. The molecule has 2 aromatic carbocycles. The minimum atomic E-state index is 0.754. The first-order valence-electron chi connectivity index (χ1n) is 10.6. The number of hydrogen-bond acceptors (Lipinski definition) is 4. The maximum Gasteiger partial charge on any atom is 0.173 e. The number of thiocarbonyl (C=S) groups is 1. The predicted octanol–water partition coefficient (Wildman–Crippen LogP) is 3.76. The van der Waals surface area contributed by atoms with E-state index in [1.54, 1.807) is 7.11 Å². The van der Waals surface area contributed by atoms with Crippen LogP contribution < -0.4 is 10.1 Å². The third kappa shape index (κ3) is 5.62. The van der Waals surface area contributed by atoms with E-state index in [1.165, 1.54) is 16.7 Å². The van der Waals surface area contributed by atoms with Gasteiger partial charge in [-0.3, -0.25) is 9.58 Å². The molecular weight excluding hydrogens is 406 g/mol. The molecule has 0 spiro atoms. The molecule has 162 valence electrons. The molecule has 1 N–H and O–H groups in total. The van der Waals surface area contributed by atoms with Crippen LogP contribution in [-0.4, -0.2) is 58.0 Å². The van der Waals surface area contributed by atoms with Crippen LogP contribution in [0, 0.1) is 6.92 Å². The van der Waals surface area contributed by atoms with E-state index in [0.29, 0.717) is 0 Å². The minimum absolute atomic E-state index is 0.754. The Morgan fingerprint density at radius 2 is 1.87 bits per heavy atom. The highest BCUT2D eigenvalue weighted by Crippen LogP contribution is 2.16. The van der Waals surface area contributed by atoms with Gasteiger partial charge in [0.2, 0.25) is 0 Å². The van der Waals surface area contributed by atoms with E-state index in [-0.39, 0.29) is 0 Å². The fourth-order valence-corrected chi connectivity index (χ4v) is 4.12. The van der Waals surface area contributed by atoms with Gasteiger partial charge < -0.3 is 15.0 Å². The second kappa shape index (κ2) is 9.94. The Balaban J connectivity index is 1.26. The zero-order valence-corrected chi connectivity index (χ0v) is 18.9. The molecule has 0 radical (unpaired) electrons. The second-order valence-electron chi connectivity index (χ2n) is 7.90. The monoisotopic (exact) mass is 435 g/mol. The molecule has 0 unspecified atom stereocenters. The number of aryl methyl sites for hydroxylation is 1. The van der Waals surface area contributed by atoms with Gasteiger partial charge in [-0.05, 0) is 48.0 Å². The standard InChI is InChI=1S/C24H29N5OS/c1-19-6-3-4-8-21(19)17-29-18-22(15-25-29)26-24(31)28-12-10-27(11-13-28)16-20-7-5-9-23(14-20)30-2/h3-9,14-15,18H,10-13,16-17H2,1-2H3,(H,26,31). The lowest BCUT2D eigenvalue weighted by Crippen LogP contribution is -2.49. The van der Waals surface area contributed by atoms with Gasteiger partial charge in [0.25, 0.3) is 0 Å². The third-order valence-corrected chi connectivity index (χ3v) is 6.04. The normalized spacial score (nSPS) is 14.5. The number of aromatic nitrogens is 2. The molecular formula is C24H29N5OS. The molecule has 1 saturated heterocycles. The van der Waals surface area contributed by atoms with Crippen LogP contribution in [0.5, 0.6) is 5.75 Å². The number of methoxy groups -OCH3 is 1. The van der Waals surface area contributed by atoms with Crippen LogP contribution in [0.1, 0.15) is 16.7 Å². The molecule has 31 heavy (non-hydrogen) atoms. The molecule has 4 rings (SSSR count). The number of ether oxygens (including phenoxy) is 1. The van der Waals surface area contributed by atoms with E-state index >= 15 is 0 Å². The summed E-state index contributed by atoms with van der Waals surface area (Å²) < 4.78 is 7.27. The number of benzene rings is 2. The van der Waals surface area contributed by atoms with Gasteiger partial charge in [0.15, 0.2) is 5.11 Å². The van der Waals surface area contributed by atoms with E-state index in [9.17, 15) is 0 Å². The first kappa shape index (κ1) is 21.3. The molecule has 0 atom stereocenters. The highest BCUT2D eigenvalue weighted by atomic mass is 32.1. The van der Waals surface area contributed by atoms with Crippen LogP contribution in [0.2, 0.25) is 0 Å². The predicted molar refractivity (Wildman–Crippen MR) is 129 cm³/mol. The average molecular weight is 436 g/mol. The molecule has 3 aromatic rings. The highest BCUT2D eigenvalue weighted by molar-refractivity contribution is 7.80. The van der Waals surface area contributed by atoms with Crippen molar-refractivity contribution in [3.8, 4) is 5.75 Å². The van der Waals surface area contributed by atoms with Crippen molar-refractivity contribution in [2.24, 2.45) is 0 Å². The summed E-state index contributed by atoms with van der Waals surface area (Å²) in [6.07, 6.45) is 3.85. The van der Waals surface area contributed by atoms with Crippen molar-refractivity contribution in [1.82, 2.24) is 19.6 Å². The van der Waals surface area contributed by atoms with E-state index in [0.717, 1.165) is 55.8 Å². The maximum atomic E-state index is 5.66. The molecule has 2 heterocycles.